The molecule has 38 heavy (non-hydrogen) atoms. The van der Waals surface area contributed by atoms with E-state index in [1.807, 2.05) is 36.4 Å². The van der Waals surface area contributed by atoms with Gasteiger partial charge >= 0.3 is 0 Å². The molecule has 2 aromatic carbocycles. The lowest BCUT2D eigenvalue weighted by Crippen LogP contribution is -2.23. The van der Waals surface area contributed by atoms with Crippen LogP contribution in [0.3, 0.4) is 0 Å². The van der Waals surface area contributed by atoms with Gasteiger partial charge in [0.15, 0.2) is 5.65 Å². The van der Waals surface area contributed by atoms with E-state index >= 15 is 0 Å². The molecule has 1 aliphatic rings. The summed E-state index contributed by atoms with van der Waals surface area (Å²) in [5.74, 6) is 1.21. The highest BCUT2D eigenvalue weighted by Crippen LogP contribution is 2.30. The van der Waals surface area contributed by atoms with Crippen LogP contribution >= 0.6 is 11.6 Å². The average Bonchev–Trinajstić information content (AvgIpc) is 3.32. The monoisotopic (exact) mass is 545 g/mol. The highest BCUT2D eigenvalue weighted by atomic mass is 35.5. The quantitative estimate of drug-likeness (QED) is 0.310. The van der Waals surface area contributed by atoms with Crippen LogP contribution < -0.4 is 20.2 Å². The topological polar surface area (TPSA) is 97.6 Å². The van der Waals surface area contributed by atoms with E-state index in [4.69, 9.17) is 24.2 Å². The number of nitrogens with zero attached hydrogens (tertiary/aromatic N) is 3. The zero-order chi connectivity index (χ0) is 26.7. The number of hydrogen-bond acceptors (Lipinski definition) is 6. The minimum Gasteiger partial charge on any atom is -0.497 e. The number of methoxy groups -OCH3 is 1. The predicted octanol–water partition coefficient (Wildman–Crippen LogP) is 3.92. The minimum absolute atomic E-state index is 0.153. The number of anilines is 1. The van der Waals surface area contributed by atoms with Crippen molar-refractivity contribution in [2.45, 2.75) is 30.8 Å². The van der Waals surface area contributed by atoms with Gasteiger partial charge in [-0.2, -0.15) is 9.61 Å². The van der Waals surface area contributed by atoms with E-state index in [2.05, 4.69) is 26.2 Å². The molecule has 5 rings (SSSR count). The largest absolute Gasteiger partial charge is 0.497 e. The number of aromatic nitrogens is 3. The van der Waals surface area contributed by atoms with Gasteiger partial charge in [0.25, 0.3) is 0 Å². The van der Waals surface area contributed by atoms with E-state index in [1.54, 1.807) is 22.8 Å². The third kappa shape index (κ3) is 5.62. The number of fused-ring (bicyclic) bond motifs is 1. The second-order valence-electron chi connectivity index (χ2n) is 8.80. The zero-order valence-corrected chi connectivity index (χ0v) is 22.3. The van der Waals surface area contributed by atoms with Gasteiger partial charge in [0.1, 0.15) is 19.4 Å². The van der Waals surface area contributed by atoms with Crippen LogP contribution in [-0.4, -0.2) is 38.0 Å². The standard InChI is InChI=1S/C27H25BClN5O3S/c1-37-20-5-4-6-21(13-20)38(35,36)32-16-19-11-9-18(10-12-19)15-30-26-14-25(22-7-2-3-8-24(22)29)33-27-23(28)17-31-34(26)27/h2,4-7,9-14,17,30,32H,3,8,15-16H2,1H3. The molecule has 0 saturated carbocycles. The molecule has 2 radical (unpaired) electrons. The molecule has 2 heterocycles. The molecule has 0 aliphatic heterocycles. The first-order valence-corrected chi connectivity index (χ1v) is 13.9. The van der Waals surface area contributed by atoms with Gasteiger partial charge in [-0.1, -0.05) is 54.1 Å². The molecule has 0 atom stereocenters. The zero-order valence-electron chi connectivity index (χ0n) is 20.7. The van der Waals surface area contributed by atoms with Crippen molar-refractivity contribution in [1.82, 2.24) is 19.3 Å². The molecule has 4 aromatic rings. The third-order valence-electron chi connectivity index (χ3n) is 6.20. The second kappa shape index (κ2) is 11.0. The number of nitrogens with one attached hydrogen (secondary N) is 2. The van der Waals surface area contributed by atoms with Gasteiger partial charge in [-0.3, -0.25) is 0 Å². The van der Waals surface area contributed by atoms with Crippen LogP contribution in [0.5, 0.6) is 5.75 Å². The van der Waals surface area contributed by atoms with Gasteiger partial charge < -0.3 is 10.1 Å². The van der Waals surface area contributed by atoms with E-state index in [-0.39, 0.29) is 11.4 Å². The highest BCUT2D eigenvalue weighted by Gasteiger charge is 2.16. The number of benzene rings is 2. The Kier molecular flexibility index (Phi) is 7.55. The van der Waals surface area contributed by atoms with Crippen LogP contribution in [-0.2, 0) is 23.1 Å². The summed E-state index contributed by atoms with van der Waals surface area (Å²) in [7, 11) is 3.94. The lowest BCUT2D eigenvalue weighted by Gasteiger charge is -2.14. The molecule has 192 valence electrons. The average molecular weight is 546 g/mol. The first-order chi connectivity index (χ1) is 18.3. The Morgan fingerprint density at radius 2 is 1.87 bits per heavy atom. The summed E-state index contributed by atoms with van der Waals surface area (Å²) >= 11 is 6.49. The van der Waals surface area contributed by atoms with Gasteiger partial charge in [0, 0.05) is 42.0 Å². The first kappa shape index (κ1) is 26.0. The van der Waals surface area contributed by atoms with Gasteiger partial charge in [0.05, 0.1) is 17.7 Å². The van der Waals surface area contributed by atoms with Gasteiger partial charge in [-0.05, 0) is 41.6 Å². The Hall–Kier alpha value is -3.60. The fourth-order valence-electron chi connectivity index (χ4n) is 4.10. The minimum atomic E-state index is -3.67. The predicted molar refractivity (Wildman–Crippen MR) is 150 cm³/mol. The van der Waals surface area contributed by atoms with Crippen molar-refractivity contribution in [1.29, 1.82) is 0 Å². The molecule has 0 bridgehead atoms. The van der Waals surface area contributed by atoms with Gasteiger partial charge in [-0.15, -0.1) is 0 Å². The van der Waals surface area contributed by atoms with Crippen molar-refractivity contribution < 1.29 is 13.2 Å². The van der Waals surface area contributed by atoms with E-state index in [0.717, 1.165) is 46.1 Å². The first-order valence-electron chi connectivity index (χ1n) is 12.0. The highest BCUT2D eigenvalue weighted by molar-refractivity contribution is 7.89. The Labute approximate surface area is 227 Å². The summed E-state index contributed by atoms with van der Waals surface area (Å²) in [5, 5.41) is 8.54. The molecule has 2 aromatic heterocycles. The fraction of sp³-hybridized carbons (Fsp3) is 0.185. The number of ether oxygens (including phenoxy) is 1. The maximum Gasteiger partial charge on any atom is 0.241 e. The van der Waals surface area contributed by atoms with Crippen molar-refractivity contribution in [2.75, 3.05) is 12.4 Å². The fourth-order valence-corrected chi connectivity index (χ4v) is 5.42. The maximum absolute atomic E-state index is 12.7. The Morgan fingerprint density at radius 3 is 2.61 bits per heavy atom. The van der Waals surface area contributed by atoms with Crippen LogP contribution in [0, 0.1) is 0 Å². The summed E-state index contributed by atoms with van der Waals surface area (Å²) in [6, 6.07) is 15.9. The maximum atomic E-state index is 12.7. The molecule has 8 nitrogen and oxygen atoms in total. The molecule has 1 aliphatic carbocycles. The van der Waals surface area contributed by atoms with Crippen LogP contribution in [0.1, 0.15) is 29.7 Å². The van der Waals surface area contributed by atoms with Crippen LogP contribution in [0.25, 0.3) is 11.2 Å². The number of hydrogen-bond donors (Lipinski definition) is 2. The van der Waals surface area contributed by atoms with Crippen molar-refractivity contribution in [2.24, 2.45) is 0 Å². The van der Waals surface area contributed by atoms with Crippen molar-refractivity contribution >= 4 is 52.0 Å². The lowest BCUT2D eigenvalue weighted by molar-refractivity contribution is 0.413. The Bertz CT molecular complexity index is 1650. The van der Waals surface area contributed by atoms with Crippen LogP contribution in [0.2, 0.25) is 0 Å². The molecule has 2 N–H and O–H groups in total. The SMILES string of the molecule is [B]c1cnn2c(NCc3ccc(CNS(=O)(=O)c4cccc(OC)c4)cc3)cc(C3=C(Cl)CCC=C3)nc12. The molecular formula is C27H25BClN5O3S. The van der Waals surface area contributed by atoms with E-state index in [9.17, 15) is 8.42 Å². The smallest absolute Gasteiger partial charge is 0.241 e. The Balaban J connectivity index is 1.28. The lowest BCUT2D eigenvalue weighted by atomic mass is 10.00. The van der Waals surface area contributed by atoms with Crippen LogP contribution in [0.4, 0.5) is 5.82 Å². The van der Waals surface area contributed by atoms with E-state index in [1.165, 1.54) is 19.2 Å². The Morgan fingerprint density at radius 1 is 1.11 bits per heavy atom. The van der Waals surface area contributed by atoms with E-state index < -0.39 is 10.0 Å². The van der Waals surface area contributed by atoms with Crippen molar-refractivity contribution in [3.63, 3.8) is 0 Å². The third-order valence-corrected chi connectivity index (χ3v) is 7.99. The van der Waals surface area contributed by atoms with Crippen molar-refractivity contribution in [3.8, 4) is 5.75 Å². The molecule has 0 spiro atoms. The van der Waals surface area contributed by atoms with E-state index in [0.29, 0.717) is 23.4 Å². The summed E-state index contributed by atoms with van der Waals surface area (Å²) in [6.45, 7) is 0.675. The van der Waals surface area contributed by atoms with Gasteiger partial charge in [0.2, 0.25) is 10.0 Å². The van der Waals surface area contributed by atoms with Gasteiger partial charge in [-0.25, -0.2) is 18.1 Å². The summed E-state index contributed by atoms with van der Waals surface area (Å²) < 4.78 is 34.7. The number of rotatable bonds is 9. The molecule has 0 amide bonds. The number of sulfonamides is 1. The van der Waals surface area contributed by atoms with Crippen LogP contribution in [0.15, 0.2) is 82.9 Å². The molecule has 0 unspecified atom stereocenters. The molecule has 0 fully saturated rings. The summed E-state index contributed by atoms with van der Waals surface area (Å²) in [4.78, 5) is 4.84. The number of halogens is 1. The molecule has 0 saturated heterocycles. The normalized spacial score (nSPS) is 13.7. The summed E-state index contributed by atoms with van der Waals surface area (Å²) in [6.07, 6.45) is 7.33. The molecular weight excluding hydrogens is 521 g/mol. The molecule has 11 heteroatoms. The van der Waals surface area contributed by atoms with Crippen molar-refractivity contribution in [3.05, 3.63) is 94.8 Å². The second-order valence-corrected chi connectivity index (χ2v) is 11.0. The number of allylic oxidation sites excluding steroid dienone is 4. The summed E-state index contributed by atoms with van der Waals surface area (Å²) in [5.41, 5.74) is 4.48.